The molecule has 0 unspecified atom stereocenters. The minimum absolute atomic E-state index is 0.0632. The summed E-state index contributed by atoms with van der Waals surface area (Å²) in [4.78, 5) is 19.9. The Hall–Kier alpha value is -3.66. The Bertz CT molecular complexity index is 1080. The summed E-state index contributed by atoms with van der Waals surface area (Å²) >= 11 is 0. The zero-order chi connectivity index (χ0) is 20.9. The van der Waals surface area contributed by atoms with E-state index in [9.17, 15) is 13.2 Å². The summed E-state index contributed by atoms with van der Waals surface area (Å²) < 4.78 is 38.7. The summed E-state index contributed by atoms with van der Waals surface area (Å²) in [6.07, 6.45) is 0. The molecule has 1 amide bonds. The van der Waals surface area contributed by atoms with Gasteiger partial charge in [0.15, 0.2) is 0 Å². The topological polar surface area (TPSA) is 122 Å². The third kappa shape index (κ3) is 4.99. The van der Waals surface area contributed by atoms with Crippen molar-refractivity contribution in [3.8, 4) is 11.9 Å². The van der Waals surface area contributed by atoms with Gasteiger partial charge in [-0.25, -0.2) is 8.42 Å². The lowest BCUT2D eigenvalue weighted by molar-refractivity contribution is 0.102. The molecule has 3 rings (SSSR count). The van der Waals surface area contributed by atoms with Gasteiger partial charge in [0, 0.05) is 17.3 Å². The normalized spacial score (nSPS) is 10.8. The highest BCUT2D eigenvalue weighted by Gasteiger charge is 2.12. The maximum Gasteiger partial charge on any atom is 0.255 e. The predicted octanol–water partition coefficient (Wildman–Crippen LogP) is 3.14. The summed E-state index contributed by atoms with van der Waals surface area (Å²) in [6.45, 7) is 0. The predicted molar refractivity (Wildman–Crippen MR) is 106 cm³/mol. The van der Waals surface area contributed by atoms with E-state index in [2.05, 4.69) is 20.0 Å². The van der Waals surface area contributed by atoms with Crippen LogP contribution in [0.15, 0.2) is 65.6 Å². The number of amides is 1. The molecule has 0 aliphatic rings. The molecule has 1 heterocycles. The van der Waals surface area contributed by atoms with E-state index in [4.69, 9.17) is 9.47 Å². The van der Waals surface area contributed by atoms with Crippen molar-refractivity contribution in [2.75, 3.05) is 19.5 Å². The molecule has 29 heavy (non-hydrogen) atoms. The summed E-state index contributed by atoms with van der Waals surface area (Å²) in [7, 11) is -1.33. The zero-order valence-corrected chi connectivity index (χ0v) is 16.4. The summed E-state index contributed by atoms with van der Waals surface area (Å²) in [6, 6.07) is 15.5. The van der Waals surface area contributed by atoms with E-state index in [0.717, 1.165) is 0 Å². The molecule has 2 aromatic carbocycles. The van der Waals surface area contributed by atoms with Crippen LogP contribution in [0.5, 0.6) is 11.9 Å². The average molecular weight is 413 g/mol. The summed E-state index contributed by atoms with van der Waals surface area (Å²) in [5.74, 6) is -0.314. The van der Waals surface area contributed by atoms with Crippen molar-refractivity contribution in [1.82, 2.24) is 9.97 Å². The number of methoxy groups -OCH3 is 2. The number of nitrogens with zero attached hydrogens (tertiary/aromatic N) is 3. The van der Waals surface area contributed by atoms with Crippen molar-refractivity contribution in [2.24, 2.45) is 0 Å². The third-order valence-corrected chi connectivity index (χ3v) is 5.02. The van der Waals surface area contributed by atoms with E-state index in [1.54, 1.807) is 24.3 Å². The highest BCUT2D eigenvalue weighted by molar-refractivity contribution is 7.94. The molecule has 0 atom stereocenters. The first kappa shape index (κ1) is 20.1. The van der Waals surface area contributed by atoms with Crippen LogP contribution in [0.2, 0.25) is 0 Å². The van der Waals surface area contributed by atoms with Crippen LogP contribution in [0, 0.1) is 0 Å². The molecule has 150 valence electrons. The molecule has 3 aromatic rings. The number of aromatic nitrogens is 2. The zero-order valence-electron chi connectivity index (χ0n) is 15.6. The fourth-order valence-electron chi connectivity index (χ4n) is 2.31. The third-order valence-electron chi connectivity index (χ3n) is 3.72. The fourth-order valence-corrected chi connectivity index (χ4v) is 3.24. The Kier molecular flexibility index (Phi) is 5.93. The van der Waals surface area contributed by atoms with Gasteiger partial charge in [-0.1, -0.05) is 18.2 Å². The minimum atomic E-state index is -4.05. The molecule has 10 heteroatoms. The SMILES string of the molecule is COc1cc([N-]S(=O)(=O)c2ccc(NC(=O)c3ccccc3)cc2)nc(OC)n1. The van der Waals surface area contributed by atoms with Crippen molar-refractivity contribution in [1.29, 1.82) is 0 Å². The molecular weight excluding hydrogens is 396 g/mol. The lowest BCUT2D eigenvalue weighted by atomic mass is 10.2. The second-order valence-corrected chi connectivity index (χ2v) is 7.27. The van der Waals surface area contributed by atoms with E-state index in [-0.39, 0.29) is 28.5 Å². The van der Waals surface area contributed by atoms with Crippen LogP contribution in [-0.2, 0) is 10.0 Å². The fraction of sp³-hybridized carbons (Fsp3) is 0.105. The maximum absolute atomic E-state index is 12.6. The molecule has 0 spiro atoms. The number of nitrogens with one attached hydrogen (secondary N) is 1. The summed E-state index contributed by atoms with van der Waals surface area (Å²) in [5.41, 5.74) is 0.939. The minimum Gasteiger partial charge on any atom is -0.483 e. The maximum atomic E-state index is 12.6. The van der Waals surface area contributed by atoms with Crippen LogP contribution in [0.25, 0.3) is 4.72 Å². The highest BCUT2D eigenvalue weighted by atomic mass is 32.2. The van der Waals surface area contributed by atoms with Crippen molar-refractivity contribution in [3.05, 3.63) is 70.9 Å². The van der Waals surface area contributed by atoms with E-state index in [0.29, 0.717) is 11.3 Å². The Morgan fingerprint density at radius 1 is 0.966 bits per heavy atom. The van der Waals surface area contributed by atoms with Gasteiger partial charge in [-0.2, -0.15) is 4.98 Å². The van der Waals surface area contributed by atoms with E-state index in [1.165, 1.54) is 44.6 Å². The second kappa shape index (κ2) is 8.57. The van der Waals surface area contributed by atoms with Crippen molar-refractivity contribution in [3.63, 3.8) is 0 Å². The Balaban J connectivity index is 1.75. The van der Waals surface area contributed by atoms with Gasteiger partial charge in [-0.3, -0.25) is 4.79 Å². The van der Waals surface area contributed by atoms with Crippen LogP contribution in [0.1, 0.15) is 10.4 Å². The van der Waals surface area contributed by atoms with E-state index >= 15 is 0 Å². The molecule has 0 saturated carbocycles. The van der Waals surface area contributed by atoms with Crippen LogP contribution in [0.3, 0.4) is 0 Å². The first-order chi connectivity index (χ1) is 13.9. The van der Waals surface area contributed by atoms with Crippen molar-refractivity contribution in [2.45, 2.75) is 4.90 Å². The van der Waals surface area contributed by atoms with Crippen molar-refractivity contribution >= 4 is 27.4 Å². The Labute approximate surface area is 167 Å². The molecule has 0 fully saturated rings. The molecule has 0 bridgehead atoms. The standard InChI is InChI=1S/C19H18N4O5S/c1-27-17-12-16(21-19(22-17)28-2)23-29(25,26)15-10-8-14(9-11-15)20-18(24)13-6-4-3-5-7-13/h3-12H,1-2H3,(H2,20,21,22,23,24)/p-1. The van der Waals surface area contributed by atoms with Gasteiger partial charge in [0.2, 0.25) is 21.9 Å². The van der Waals surface area contributed by atoms with Crippen LogP contribution in [0.4, 0.5) is 11.5 Å². The number of hydrogen-bond donors (Lipinski definition) is 1. The highest BCUT2D eigenvalue weighted by Crippen LogP contribution is 2.30. The quantitative estimate of drug-likeness (QED) is 0.631. The summed E-state index contributed by atoms with van der Waals surface area (Å²) in [5, 5.41) is 2.70. The lowest BCUT2D eigenvalue weighted by Gasteiger charge is -2.17. The number of hydrogen-bond acceptors (Lipinski definition) is 7. The van der Waals surface area contributed by atoms with Gasteiger partial charge in [-0.15, -0.1) is 0 Å². The molecule has 0 aliphatic carbocycles. The average Bonchev–Trinajstić information content (AvgIpc) is 2.74. The smallest absolute Gasteiger partial charge is 0.255 e. The first-order valence-electron chi connectivity index (χ1n) is 8.33. The van der Waals surface area contributed by atoms with Gasteiger partial charge in [-0.05, 0) is 42.2 Å². The number of anilines is 1. The second-order valence-electron chi connectivity index (χ2n) is 5.67. The van der Waals surface area contributed by atoms with Crippen LogP contribution in [-0.4, -0.2) is 38.5 Å². The molecule has 9 nitrogen and oxygen atoms in total. The molecule has 0 saturated heterocycles. The van der Waals surface area contributed by atoms with Crippen LogP contribution >= 0.6 is 0 Å². The van der Waals surface area contributed by atoms with Crippen molar-refractivity contribution < 1.29 is 22.7 Å². The Morgan fingerprint density at radius 3 is 2.28 bits per heavy atom. The van der Waals surface area contributed by atoms with Gasteiger partial charge >= 0.3 is 0 Å². The van der Waals surface area contributed by atoms with Crippen LogP contribution < -0.4 is 14.8 Å². The largest absolute Gasteiger partial charge is 0.483 e. The number of carbonyl (C=O) groups excluding carboxylic acids is 1. The molecule has 1 aromatic heterocycles. The molecule has 1 N–H and O–H groups in total. The van der Waals surface area contributed by atoms with E-state index < -0.39 is 10.0 Å². The van der Waals surface area contributed by atoms with Gasteiger partial charge in [0.1, 0.15) is 0 Å². The number of carbonyl (C=O) groups is 1. The lowest BCUT2D eigenvalue weighted by Crippen LogP contribution is -2.11. The van der Waals surface area contributed by atoms with Gasteiger partial charge in [0.25, 0.3) is 5.91 Å². The van der Waals surface area contributed by atoms with Gasteiger partial charge in [0.05, 0.1) is 19.1 Å². The first-order valence-corrected chi connectivity index (χ1v) is 9.77. The number of sulfonamides is 1. The molecule has 0 radical (unpaired) electrons. The van der Waals surface area contributed by atoms with Gasteiger partial charge < -0.3 is 24.5 Å². The molecular formula is C19H17N4O5S-. The Morgan fingerprint density at radius 2 is 1.66 bits per heavy atom. The number of rotatable bonds is 7. The molecule has 0 aliphatic heterocycles. The number of ether oxygens (including phenoxy) is 2. The number of benzene rings is 2. The van der Waals surface area contributed by atoms with E-state index in [1.807, 2.05) is 6.07 Å². The monoisotopic (exact) mass is 413 g/mol.